The van der Waals surface area contributed by atoms with Crippen LogP contribution in [0.1, 0.15) is 16.7 Å². The molecule has 0 bridgehead atoms. The second-order valence-electron chi connectivity index (χ2n) is 5.33. The maximum Gasteiger partial charge on any atom is 0.262 e. The van der Waals surface area contributed by atoms with Gasteiger partial charge in [0, 0.05) is 6.21 Å². The van der Waals surface area contributed by atoms with E-state index in [2.05, 4.69) is 9.98 Å². The van der Waals surface area contributed by atoms with E-state index in [9.17, 15) is 9.90 Å². The molecule has 1 aromatic carbocycles. The van der Waals surface area contributed by atoms with Crippen LogP contribution in [0, 0.1) is 18.6 Å². The van der Waals surface area contributed by atoms with Crippen molar-refractivity contribution in [3.63, 3.8) is 0 Å². The van der Waals surface area contributed by atoms with Crippen molar-refractivity contribution >= 4 is 24.5 Å². The second-order valence-corrected chi connectivity index (χ2v) is 5.72. The summed E-state index contributed by atoms with van der Waals surface area (Å²) in [5.74, 6) is -0.199. The third-order valence-corrected chi connectivity index (χ3v) is 3.88. The van der Waals surface area contributed by atoms with Crippen molar-refractivity contribution in [3.8, 4) is 11.6 Å². The van der Waals surface area contributed by atoms with E-state index in [1.807, 2.05) is 32.0 Å². The number of nitrogens with zero attached hydrogens (tertiary/aromatic N) is 2. The molecule has 0 unspecified atom stereocenters. The lowest BCUT2D eigenvalue weighted by Crippen LogP contribution is -2.16. The molecule has 0 amide bonds. The van der Waals surface area contributed by atoms with Gasteiger partial charge in [0.25, 0.3) is 5.56 Å². The lowest BCUT2D eigenvalue weighted by atomic mass is 10.1. The molecule has 0 saturated heterocycles. The van der Waals surface area contributed by atoms with Gasteiger partial charge in [-0.2, -0.15) is 0 Å². The summed E-state index contributed by atoms with van der Waals surface area (Å²) in [5.41, 5.74) is 2.97. The quantitative estimate of drug-likeness (QED) is 0.833. The number of hydrogen-bond donors (Lipinski definition) is 2. The van der Waals surface area contributed by atoms with Gasteiger partial charge in [0.05, 0.1) is 11.4 Å². The first-order chi connectivity index (χ1) is 11.0. The van der Waals surface area contributed by atoms with Gasteiger partial charge < -0.3 is 5.11 Å². The lowest BCUT2D eigenvalue weighted by Gasteiger charge is -2.14. The molecule has 2 aromatic rings. The molecule has 3 rings (SSSR count). The Morgan fingerprint density at radius 2 is 2.13 bits per heavy atom. The zero-order valence-corrected chi connectivity index (χ0v) is 13.5. The Balaban J connectivity index is 2.30. The molecule has 1 aromatic heterocycles. The first-order valence-corrected chi connectivity index (χ1v) is 7.46. The van der Waals surface area contributed by atoms with Gasteiger partial charge in [-0.15, -0.1) is 0 Å². The molecule has 0 spiro atoms. The average molecular weight is 325 g/mol. The second kappa shape index (κ2) is 5.81. The van der Waals surface area contributed by atoms with Crippen molar-refractivity contribution in [1.29, 1.82) is 0 Å². The smallest absolute Gasteiger partial charge is 0.262 e. The number of allylic oxidation sites excluding steroid dienone is 2. The number of aryl methyl sites for hydroxylation is 2. The zero-order valence-electron chi connectivity index (χ0n) is 12.7. The average Bonchev–Trinajstić information content (AvgIpc) is 3.00. The number of aromatic nitrogens is 2. The fourth-order valence-corrected chi connectivity index (χ4v) is 2.68. The van der Waals surface area contributed by atoms with E-state index in [0.29, 0.717) is 5.70 Å². The minimum Gasteiger partial charge on any atom is -0.494 e. The van der Waals surface area contributed by atoms with Gasteiger partial charge >= 0.3 is 0 Å². The van der Waals surface area contributed by atoms with Gasteiger partial charge in [-0.3, -0.25) is 19.3 Å². The first kappa shape index (κ1) is 15.2. The van der Waals surface area contributed by atoms with E-state index in [4.69, 9.17) is 12.2 Å². The summed E-state index contributed by atoms with van der Waals surface area (Å²) in [7, 11) is 0. The number of aromatic hydroxyl groups is 1. The van der Waals surface area contributed by atoms with E-state index < -0.39 is 5.56 Å². The molecular weight excluding hydrogens is 310 g/mol. The Bertz CT molecular complexity index is 980. The fourth-order valence-electron chi connectivity index (χ4n) is 2.40. The highest BCUT2D eigenvalue weighted by atomic mass is 32.1. The summed E-state index contributed by atoms with van der Waals surface area (Å²) < 4.78 is 1.61. The van der Waals surface area contributed by atoms with E-state index in [-0.39, 0.29) is 16.2 Å². The third kappa shape index (κ3) is 2.80. The monoisotopic (exact) mass is 325 g/mol. The highest BCUT2D eigenvalue weighted by molar-refractivity contribution is 7.71. The number of hydrogen-bond acceptors (Lipinski definition) is 4. The Morgan fingerprint density at radius 1 is 1.35 bits per heavy atom. The third-order valence-electron chi connectivity index (χ3n) is 3.60. The van der Waals surface area contributed by atoms with Gasteiger partial charge in [0.15, 0.2) is 4.77 Å². The molecule has 0 aliphatic carbocycles. The summed E-state index contributed by atoms with van der Waals surface area (Å²) in [4.78, 5) is 18.9. The van der Waals surface area contributed by atoms with Crippen LogP contribution in [-0.2, 0) is 0 Å². The molecule has 0 saturated carbocycles. The predicted octanol–water partition coefficient (Wildman–Crippen LogP) is 3.20. The first-order valence-electron chi connectivity index (χ1n) is 7.06. The molecule has 116 valence electrons. The highest BCUT2D eigenvalue weighted by Crippen LogP contribution is 2.25. The topological polar surface area (TPSA) is 70.4 Å². The Labute approximate surface area is 138 Å². The van der Waals surface area contributed by atoms with E-state index in [1.54, 1.807) is 18.4 Å². The van der Waals surface area contributed by atoms with Crippen LogP contribution in [0.4, 0.5) is 0 Å². The van der Waals surface area contributed by atoms with Crippen molar-refractivity contribution in [2.45, 2.75) is 13.8 Å². The molecule has 0 atom stereocenters. The molecule has 23 heavy (non-hydrogen) atoms. The van der Waals surface area contributed by atoms with Crippen LogP contribution in [-0.4, -0.2) is 20.9 Å². The van der Waals surface area contributed by atoms with E-state index >= 15 is 0 Å². The number of benzene rings is 1. The van der Waals surface area contributed by atoms with Gasteiger partial charge in [0.1, 0.15) is 5.56 Å². The summed E-state index contributed by atoms with van der Waals surface area (Å²) in [5, 5.41) is 10.6. The number of aliphatic imine (C=N–C) groups is 1. The van der Waals surface area contributed by atoms with Crippen LogP contribution >= 0.6 is 12.2 Å². The maximum atomic E-state index is 12.2. The zero-order chi connectivity index (χ0) is 16.6. The Kier molecular flexibility index (Phi) is 3.83. The van der Waals surface area contributed by atoms with Crippen LogP contribution in [0.3, 0.4) is 0 Å². The molecule has 2 heterocycles. The number of aromatic amines is 1. The fraction of sp³-hybridized carbons (Fsp3) is 0.118. The minimum atomic E-state index is -0.447. The highest BCUT2D eigenvalue weighted by Gasteiger charge is 2.14. The lowest BCUT2D eigenvalue weighted by molar-refractivity contribution is 0.431. The van der Waals surface area contributed by atoms with Gasteiger partial charge in [-0.1, -0.05) is 12.1 Å². The molecular formula is C17H15N3O2S. The van der Waals surface area contributed by atoms with Gasteiger partial charge in [-0.05, 0) is 61.5 Å². The number of H-pyrrole nitrogens is 1. The summed E-state index contributed by atoms with van der Waals surface area (Å²) in [6.45, 7) is 3.87. The maximum absolute atomic E-state index is 12.2. The van der Waals surface area contributed by atoms with E-state index in [1.165, 1.54) is 10.6 Å². The normalized spacial score (nSPS) is 14.8. The molecule has 5 nitrogen and oxygen atoms in total. The molecule has 0 fully saturated rings. The summed E-state index contributed by atoms with van der Waals surface area (Å²) in [6, 6.07) is 5.83. The number of nitrogens with one attached hydrogen (secondary N) is 1. The van der Waals surface area contributed by atoms with Crippen LogP contribution < -0.4 is 5.56 Å². The SMILES string of the molecule is Cc1ccc(C)c(-n2c(O)c(/C=C3\C=CC=N3)c(=O)[nH]c2=S)c1. The Morgan fingerprint density at radius 3 is 2.83 bits per heavy atom. The molecule has 1 aliphatic rings. The minimum absolute atomic E-state index is 0.123. The van der Waals surface area contributed by atoms with Gasteiger partial charge in [-0.25, -0.2) is 0 Å². The van der Waals surface area contributed by atoms with Crippen LogP contribution in [0.2, 0.25) is 0 Å². The van der Waals surface area contributed by atoms with Crippen LogP contribution in [0.5, 0.6) is 5.88 Å². The predicted molar refractivity (Wildman–Crippen MR) is 94.0 cm³/mol. The standard InChI is InChI=1S/C17H15N3O2S/c1-10-5-6-11(2)14(8-10)20-16(22)13(15(21)19-17(20)23)9-12-4-3-7-18-12/h3-9,22H,1-2H3,(H,19,21,23)/b12-9+. The van der Waals surface area contributed by atoms with Crippen molar-refractivity contribution in [2.75, 3.05) is 0 Å². The van der Waals surface area contributed by atoms with E-state index in [0.717, 1.165) is 16.8 Å². The molecule has 0 radical (unpaired) electrons. The Hall–Kier alpha value is -2.73. The number of rotatable bonds is 2. The summed E-state index contributed by atoms with van der Waals surface area (Å²) >= 11 is 5.24. The van der Waals surface area contributed by atoms with Crippen molar-refractivity contribution in [1.82, 2.24) is 9.55 Å². The summed E-state index contributed by atoms with van der Waals surface area (Å²) in [6.07, 6.45) is 6.67. The largest absolute Gasteiger partial charge is 0.494 e. The van der Waals surface area contributed by atoms with Crippen LogP contribution in [0.15, 0.2) is 45.8 Å². The van der Waals surface area contributed by atoms with Crippen LogP contribution in [0.25, 0.3) is 11.8 Å². The van der Waals surface area contributed by atoms with Crippen molar-refractivity contribution in [3.05, 3.63) is 67.9 Å². The molecule has 6 heteroatoms. The molecule has 2 N–H and O–H groups in total. The molecule has 1 aliphatic heterocycles. The van der Waals surface area contributed by atoms with Crippen molar-refractivity contribution in [2.24, 2.45) is 4.99 Å². The van der Waals surface area contributed by atoms with Crippen molar-refractivity contribution < 1.29 is 5.11 Å². The van der Waals surface area contributed by atoms with Gasteiger partial charge in [0.2, 0.25) is 5.88 Å².